The Kier molecular flexibility index (Phi) is 19.6. The fourth-order valence-corrected chi connectivity index (χ4v) is 17.1. The van der Waals surface area contributed by atoms with Crippen LogP contribution in [0, 0.1) is 58.7 Å². The van der Waals surface area contributed by atoms with Gasteiger partial charge in [-0.3, -0.25) is 33.7 Å². The number of aliphatic hydroxyl groups excluding tert-OH is 1. The number of hydrogen-bond donors (Lipinski definition) is 1. The molecule has 10 rings (SSSR count). The van der Waals surface area contributed by atoms with Gasteiger partial charge in [0.15, 0.2) is 37.1 Å². The number of esters is 6. The number of ether oxygens (including phenoxy) is 12. The van der Waals surface area contributed by atoms with Gasteiger partial charge in [-0.2, -0.15) is 0 Å². The van der Waals surface area contributed by atoms with Crippen molar-refractivity contribution in [3.05, 3.63) is 34.7 Å². The van der Waals surface area contributed by atoms with Crippen molar-refractivity contribution in [3.63, 3.8) is 0 Å². The fraction of sp³-hybridized carbons (Fsp3) is 0.812. The molecule has 7 fully saturated rings. The maximum absolute atomic E-state index is 13.2. The molecule has 0 radical (unpaired) electrons. The first-order chi connectivity index (χ1) is 41.2. The molecule has 9 aliphatic rings. The molecule has 25 atom stereocenters. The molecular formula is C64H94N4O19. The minimum atomic E-state index is -1.43. The van der Waals surface area contributed by atoms with Crippen LogP contribution in [0.5, 0.6) is 0 Å². The van der Waals surface area contributed by atoms with E-state index in [-0.39, 0.29) is 66.8 Å². The lowest BCUT2D eigenvalue weighted by Gasteiger charge is -2.50. The number of fused-ring (bicyclic) bond motifs is 6. The summed E-state index contributed by atoms with van der Waals surface area (Å²) in [4.78, 5) is 78.3. The van der Waals surface area contributed by atoms with Crippen LogP contribution < -0.4 is 0 Å². The van der Waals surface area contributed by atoms with Crippen molar-refractivity contribution >= 4 is 35.8 Å². The molecular weight excluding hydrogens is 1130 g/mol. The van der Waals surface area contributed by atoms with E-state index in [1.165, 1.54) is 57.4 Å². The lowest BCUT2D eigenvalue weighted by molar-refractivity contribution is -0.361. The Hall–Kier alpha value is -4.88. The molecule has 484 valence electrons. The van der Waals surface area contributed by atoms with Crippen LogP contribution in [0.25, 0.3) is 0 Å². The Morgan fingerprint density at radius 1 is 0.678 bits per heavy atom. The van der Waals surface area contributed by atoms with Crippen LogP contribution in [-0.2, 0) is 92.2 Å². The summed E-state index contributed by atoms with van der Waals surface area (Å²) in [5.41, 5.74) is 4.94. The highest BCUT2D eigenvalue weighted by molar-refractivity contribution is 5.68. The SMILES string of the molecule is CC(=O)OCC1O[C@@H](O[C@@H]2C(COC(C)=O)O[C@@H](O[C@@H]3C(COC(C)=O)O[C@@H](n4cc(CN5C[C@@H](C)C[C@H]6O[C@]7(CC[C@@H]8C(=C7C)C[C@H]7[C@H]8CC=C8C[C@@H](O)CC[C@@]87C)[C@H](C)[C@@H]65)nn4)[C@@H](OC(C)=O)C3C)[C@@H](OC(C)=O)C2C)[C@@H](OC(C)=O)C(C)[C@@H]1C. The summed E-state index contributed by atoms with van der Waals surface area (Å²) < 4.78 is 77.0. The summed E-state index contributed by atoms with van der Waals surface area (Å²) in [6, 6.07) is 0.117. The quantitative estimate of drug-likeness (QED) is 0.103. The molecule has 5 aliphatic heterocycles. The number of piperidine rings is 1. The summed E-state index contributed by atoms with van der Waals surface area (Å²) in [6.45, 7) is 24.8. The number of aliphatic hydroxyl groups is 1. The molecule has 1 aromatic heterocycles. The third kappa shape index (κ3) is 13.1. The van der Waals surface area contributed by atoms with Crippen molar-refractivity contribution in [2.24, 2.45) is 58.7 Å². The Balaban J connectivity index is 0.889. The molecule has 6 unspecified atom stereocenters. The van der Waals surface area contributed by atoms with Gasteiger partial charge in [0.25, 0.3) is 0 Å². The molecule has 0 aromatic carbocycles. The average Bonchev–Trinajstić information content (AvgIpc) is 1.57. The van der Waals surface area contributed by atoms with Crippen molar-refractivity contribution in [3.8, 4) is 0 Å². The van der Waals surface area contributed by atoms with Crippen LogP contribution in [0.1, 0.15) is 160 Å². The van der Waals surface area contributed by atoms with Gasteiger partial charge in [0, 0.05) is 84.3 Å². The van der Waals surface area contributed by atoms with E-state index < -0.39 is 115 Å². The lowest BCUT2D eigenvalue weighted by atomic mass is 9.56. The topological polar surface area (TPSA) is 267 Å². The summed E-state index contributed by atoms with van der Waals surface area (Å²) in [7, 11) is 0. The predicted octanol–water partition coefficient (Wildman–Crippen LogP) is 6.65. The van der Waals surface area contributed by atoms with Crippen molar-refractivity contribution < 1.29 is 90.7 Å². The van der Waals surface area contributed by atoms with Crippen molar-refractivity contribution in [1.82, 2.24) is 19.9 Å². The third-order valence-corrected chi connectivity index (χ3v) is 21.6. The summed E-state index contributed by atoms with van der Waals surface area (Å²) in [5, 5.41) is 20.0. The zero-order chi connectivity index (χ0) is 62.7. The van der Waals surface area contributed by atoms with Gasteiger partial charge in [0.2, 0.25) is 0 Å². The Bertz CT molecular complexity index is 2780. The monoisotopic (exact) mass is 1220 g/mol. The van der Waals surface area contributed by atoms with Gasteiger partial charge in [-0.05, 0) is 98.9 Å². The van der Waals surface area contributed by atoms with E-state index in [1.54, 1.807) is 25.6 Å². The second-order valence-electron chi connectivity index (χ2n) is 27.3. The van der Waals surface area contributed by atoms with Gasteiger partial charge in [0.1, 0.15) is 32.0 Å². The van der Waals surface area contributed by atoms with E-state index in [2.05, 4.69) is 43.9 Å². The number of hydrogen-bond acceptors (Lipinski definition) is 22. The van der Waals surface area contributed by atoms with E-state index >= 15 is 0 Å². The molecule has 1 N–H and O–H groups in total. The molecule has 23 nitrogen and oxygen atoms in total. The number of aromatic nitrogens is 3. The predicted molar refractivity (Wildman–Crippen MR) is 307 cm³/mol. The van der Waals surface area contributed by atoms with Gasteiger partial charge in [-0.15, -0.1) is 5.10 Å². The Morgan fingerprint density at radius 2 is 1.24 bits per heavy atom. The van der Waals surface area contributed by atoms with Gasteiger partial charge in [-0.1, -0.05) is 70.9 Å². The molecule has 0 amide bonds. The minimum Gasteiger partial charge on any atom is -0.463 e. The Labute approximate surface area is 510 Å². The first-order valence-electron chi connectivity index (χ1n) is 31.8. The maximum Gasteiger partial charge on any atom is 0.303 e. The second kappa shape index (κ2) is 26.1. The maximum atomic E-state index is 13.2. The zero-order valence-corrected chi connectivity index (χ0v) is 53.2. The van der Waals surface area contributed by atoms with Crippen LogP contribution in [0.4, 0.5) is 0 Å². The van der Waals surface area contributed by atoms with Crippen molar-refractivity contribution in [2.75, 3.05) is 26.4 Å². The van der Waals surface area contributed by atoms with E-state index in [1.807, 2.05) is 13.8 Å². The van der Waals surface area contributed by atoms with Crippen molar-refractivity contribution in [1.29, 1.82) is 0 Å². The number of nitrogens with zero attached hydrogens (tertiary/aromatic N) is 4. The molecule has 1 spiro atoms. The summed E-state index contributed by atoms with van der Waals surface area (Å²) >= 11 is 0. The third-order valence-electron chi connectivity index (χ3n) is 21.6. The summed E-state index contributed by atoms with van der Waals surface area (Å²) in [6.07, 6.45) is -0.136. The number of likely N-dealkylation sites (tertiary alicyclic amines) is 1. The van der Waals surface area contributed by atoms with Crippen LogP contribution in [0.15, 0.2) is 29.0 Å². The highest BCUT2D eigenvalue weighted by atomic mass is 16.8. The van der Waals surface area contributed by atoms with Gasteiger partial charge < -0.3 is 61.9 Å². The van der Waals surface area contributed by atoms with Gasteiger partial charge in [0.05, 0.1) is 48.0 Å². The number of carbonyl (C=O) groups is 6. The molecule has 4 aliphatic carbocycles. The number of carbonyl (C=O) groups excluding carboxylic acids is 6. The fourth-order valence-electron chi connectivity index (χ4n) is 17.1. The van der Waals surface area contributed by atoms with E-state index in [4.69, 9.17) is 61.9 Å². The standard InChI is InChI=1S/C64H94N4O19/c1-30-21-50-54(36(7)64(87-50)20-18-46-47-16-15-43-22-45(75)17-19-63(43,14)49(47)23-48(46)35(64)6)67(24-30)25-44-26-68(66-65-44)60-57(79-40(11)72)33(4)55(52(82-60)28-77-38(9)70)85-62-59(81-42(13)74)34(5)56(53(84-62)29-78-39(10)71)86-61-58(80-41(12)73)32(3)31(2)51(83-61)27-76-37(8)69/h15,26,30-34,36,45-47,49-62,75H,16-25,27-29H2,1-14H3/t30-,31-,32?,33?,34?,36+,45-,46-,47-,49-,50+,51?,52?,53?,54-,55-,56-,57-,58-,59-,60+,61-,62-,63-,64-/m0/s1. The van der Waals surface area contributed by atoms with Gasteiger partial charge in [-0.25, -0.2) is 4.68 Å². The summed E-state index contributed by atoms with van der Waals surface area (Å²) in [5.74, 6) is -3.58. The largest absolute Gasteiger partial charge is 0.463 e. The van der Waals surface area contributed by atoms with Gasteiger partial charge >= 0.3 is 35.8 Å². The molecule has 5 saturated heterocycles. The first-order valence-corrected chi connectivity index (χ1v) is 31.8. The van der Waals surface area contributed by atoms with Crippen LogP contribution >= 0.6 is 0 Å². The van der Waals surface area contributed by atoms with Crippen LogP contribution in [-0.4, -0.2) is 172 Å². The normalized spacial score (nSPS) is 42.6. The highest BCUT2D eigenvalue weighted by Crippen LogP contribution is 2.65. The van der Waals surface area contributed by atoms with Crippen molar-refractivity contribution in [2.45, 2.75) is 246 Å². The molecule has 6 heterocycles. The smallest absolute Gasteiger partial charge is 0.303 e. The van der Waals surface area contributed by atoms with Crippen LogP contribution in [0.3, 0.4) is 0 Å². The molecule has 0 bridgehead atoms. The second-order valence-corrected chi connectivity index (χ2v) is 27.3. The Morgan fingerprint density at radius 3 is 1.85 bits per heavy atom. The number of allylic oxidation sites excluding steroid dienone is 2. The highest BCUT2D eigenvalue weighted by Gasteiger charge is 2.62. The molecule has 1 aromatic rings. The number of rotatable bonds is 16. The minimum absolute atomic E-state index is 0.0213. The first kappa shape index (κ1) is 65.1. The average molecular weight is 1220 g/mol. The molecule has 87 heavy (non-hydrogen) atoms. The van der Waals surface area contributed by atoms with E-state index in [0.29, 0.717) is 35.9 Å². The van der Waals surface area contributed by atoms with Crippen LogP contribution in [0.2, 0.25) is 0 Å². The zero-order valence-electron chi connectivity index (χ0n) is 53.2. The van der Waals surface area contributed by atoms with E-state index in [0.717, 1.165) is 57.9 Å². The molecule has 2 saturated carbocycles. The lowest BCUT2D eigenvalue weighted by Crippen LogP contribution is -2.63. The molecule has 23 heteroatoms. The van der Waals surface area contributed by atoms with E-state index in [9.17, 15) is 33.9 Å².